The van der Waals surface area contributed by atoms with Gasteiger partial charge in [-0.1, -0.05) is 37.2 Å². The monoisotopic (exact) mass is 410 g/mol. The number of benzene rings is 1. The van der Waals surface area contributed by atoms with Crippen LogP contribution in [0.5, 0.6) is 0 Å². The van der Waals surface area contributed by atoms with Gasteiger partial charge in [-0.2, -0.15) is 0 Å². The number of carbonyl (C=O) groups excluding carboxylic acids is 1. The number of nitrogens with zero attached hydrogens (tertiary/aromatic N) is 1. The molecular weight excluding hydrogens is 388 g/mol. The van der Waals surface area contributed by atoms with Crippen molar-refractivity contribution in [3.8, 4) is 0 Å². The number of hydrogen-bond acceptors (Lipinski definition) is 6. The first-order valence-electron chi connectivity index (χ1n) is 8.39. The average Bonchev–Trinajstić information content (AvgIpc) is 2.59. The van der Waals surface area contributed by atoms with Crippen molar-refractivity contribution in [1.29, 1.82) is 0 Å². The topological polar surface area (TPSA) is 135 Å². The minimum absolute atomic E-state index is 0.0541. The smallest absolute Gasteiger partial charge is 0.251 e. The molecule has 1 heterocycles. The average molecular weight is 411 g/mol. The highest BCUT2D eigenvalue weighted by Gasteiger charge is 2.08. The van der Waals surface area contributed by atoms with Crippen LogP contribution < -0.4 is 16.0 Å². The van der Waals surface area contributed by atoms with Crippen LogP contribution >= 0.6 is 11.8 Å². The maximum Gasteiger partial charge on any atom is 0.251 e. The van der Waals surface area contributed by atoms with Crippen LogP contribution in [0.2, 0.25) is 0 Å². The molecule has 1 aromatic carbocycles. The number of H-pyrrole nitrogens is 1. The van der Waals surface area contributed by atoms with E-state index in [0.717, 1.165) is 12.0 Å². The van der Waals surface area contributed by atoms with Crippen LogP contribution in [0, 0.1) is 0 Å². The molecule has 0 spiro atoms. The van der Waals surface area contributed by atoms with E-state index in [-0.39, 0.29) is 22.1 Å². The quantitative estimate of drug-likeness (QED) is 0.414. The summed E-state index contributed by atoms with van der Waals surface area (Å²) in [5.41, 5.74) is 1.38. The summed E-state index contributed by atoms with van der Waals surface area (Å²) in [6.45, 7) is 2.42. The van der Waals surface area contributed by atoms with Crippen LogP contribution in [0.3, 0.4) is 0 Å². The van der Waals surface area contributed by atoms with Gasteiger partial charge in [-0.05, 0) is 30.5 Å². The number of nitrogens with two attached hydrogens (primary N) is 1. The van der Waals surface area contributed by atoms with Gasteiger partial charge in [-0.15, -0.1) is 0 Å². The number of aromatic nitrogens is 2. The van der Waals surface area contributed by atoms with Crippen LogP contribution in [0.1, 0.15) is 24.6 Å². The number of carbonyl (C=O) groups is 1. The highest BCUT2D eigenvalue weighted by atomic mass is 32.2. The second kappa shape index (κ2) is 9.67. The third kappa shape index (κ3) is 7.16. The normalized spacial score (nSPS) is 11.3. The van der Waals surface area contributed by atoms with Crippen molar-refractivity contribution < 1.29 is 13.2 Å². The van der Waals surface area contributed by atoms with Gasteiger partial charge in [0.1, 0.15) is 0 Å². The third-order valence-electron chi connectivity index (χ3n) is 3.61. The maximum atomic E-state index is 11.9. The molecule has 8 nitrogen and oxygen atoms in total. The Morgan fingerprint density at radius 2 is 1.96 bits per heavy atom. The Morgan fingerprint density at radius 1 is 1.26 bits per heavy atom. The van der Waals surface area contributed by atoms with E-state index in [2.05, 4.69) is 15.3 Å². The second-order valence-corrected chi connectivity index (χ2v) is 8.39. The van der Waals surface area contributed by atoms with E-state index < -0.39 is 10.0 Å². The fourth-order valence-corrected chi connectivity index (χ4v) is 3.55. The van der Waals surface area contributed by atoms with Crippen molar-refractivity contribution in [2.75, 3.05) is 12.3 Å². The molecule has 0 fully saturated rings. The largest absolute Gasteiger partial charge is 0.355 e. The summed E-state index contributed by atoms with van der Waals surface area (Å²) in [6, 6.07) is 7.67. The molecule has 0 atom stereocenters. The summed E-state index contributed by atoms with van der Waals surface area (Å²) in [4.78, 5) is 30.5. The predicted octanol–water partition coefficient (Wildman–Crippen LogP) is 0.821. The van der Waals surface area contributed by atoms with Crippen molar-refractivity contribution in [2.24, 2.45) is 5.14 Å². The minimum Gasteiger partial charge on any atom is -0.355 e. The van der Waals surface area contributed by atoms with E-state index in [1.807, 2.05) is 6.92 Å². The summed E-state index contributed by atoms with van der Waals surface area (Å²) in [7, 11) is -3.70. The van der Waals surface area contributed by atoms with Gasteiger partial charge in [0.25, 0.3) is 5.56 Å². The lowest BCUT2D eigenvalue weighted by Gasteiger charge is -2.06. The number of nitrogens with one attached hydrogen (secondary N) is 2. The maximum absolute atomic E-state index is 11.9. The van der Waals surface area contributed by atoms with Gasteiger partial charge in [-0.25, -0.2) is 18.5 Å². The molecule has 0 saturated carbocycles. The van der Waals surface area contributed by atoms with Crippen LogP contribution in [0.15, 0.2) is 45.2 Å². The molecule has 4 N–H and O–H groups in total. The zero-order valence-electron chi connectivity index (χ0n) is 14.9. The van der Waals surface area contributed by atoms with Crippen molar-refractivity contribution in [2.45, 2.75) is 36.2 Å². The molecule has 1 amide bonds. The SMILES string of the molecule is CCCc1cc(=O)[nH]c(SCC(=O)NCCc2ccc(S(N)(=O)=O)cc2)n1. The Hall–Kier alpha value is -2.17. The molecule has 10 heteroatoms. The number of aromatic amines is 1. The number of sulfonamides is 1. The molecule has 27 heavy (non-hydrogen) atoms. The lowest BCUT2D eigenvalue weighted by atomic mass is 10.1. The van der Waals surface area contributed by atoms with Crippen LogP contribution in [0.4, 0.5) is 0 Å². The number of hydrogen-bond donors (Lipinski definition) is 3. The van der Waals surface area contributed by atoms with E-state index in [1.165, 1.54) is 30.0 Å². The van der Waals surface area contributed by atoms with Gasteiger partial charge in [0.05, 0.1) is 10.6 Å². The van der Waals surface area contributed by atoms with E-state index >= 15 is 0 Å². The highest BCUT2D eigenvalue weighted by molar-refractivity contribution is 7.99. The Bertz CT molecular complexity index is 940. The third-order valence-corrected chi connectivity index (χ3v) is 5.41. The molecule has 0 aliphatic rings. The van der Waals surface area contributed by atoms with Gasteiger partial charge in [0.2, 0.25) is 15.9 Å². The summed E-state index contributed by atoms with van der Waals surface area (Å²) in [5, 5.41) is 8.26. The first kappa shape index (κ1) is 21.1. The van der Waals surface area contributed by atoms with E-state index in [1.54, 1.807) is 12.1 Å². The Kier molecular flexibility index (Phi) is 7.57. The number of rotatable bonds is 9. The standard InChI is InChI=1S/C17H22N4O4S2/c1-2-3-13-10-15(22)21-17(20-13)26-11-16(23)19-9-8-12-4-6-14(7-5-12)27(18,24)25/h4-7,10H,2-3,8-9,11H2,1H3,(H,19,23)(H2,18,24,25)(H,20,21,22). The lowest BCUT2D eigenvalue weighted by Crippen LogP contribution is -2.27. The van der Waals surface area contributed by atoms with Crippen LogP contribution in [0.25, 0.3) is 0 Å². The molecule has 2 aromatic rings. The van der Waals surface area contributed by atoms with Crippen LogP contribution in [-0.2, 0) is 27.7 Å². The summed E-state index contributed by atoms with van der Waals surface area (Å²) in [5.74, 6) is -0.0345. The van der Waals surface area contributed by atoms with Crippen molar-refractivity contribution in [3.63, 3.8) is 0 Å². The summed E-state index contributed by atoms with van der Waals surface area (Å²) >= 11 is 1.17. The zero-order valence-corrected chi connectivity index (χ0v) is 16.5. The number of amides is 1. The molecule has 0 saturated heterocycles. The van der Waals surface area contributed by atoms with E-state index in [0.29, 0.717) is 30.2 Å². The zero-order chi connectivity index (χ0) is 19.9. The molecule has 146 valence electrons. The predicted molar refractivity (Wildman–Crippen MR) is 104 cm³/mol. The number of aryl methyl sites for hydroxylation is 1. The van der Waals surface area contributed by atoms with Gasteiger partial charge in [0, 0.05) is 18.3 Å². The van der Waals surface area contributed by atoms with E-state index in [9.17, 15) is 18.0 Å². The molecule has 2 rings (SSSR count). The fraction of sp³-hybridized carbons (Fsp3) is 0.353. The van der Waals surface area contributed by atoms with Gasteiger partial charge < -0.3 is 10.3 Å². The Morgan fingerprint density at radius 3 is 2.59 bits per heavy atom. The lowest BCUT2D eigenvalue weighted by molar-refractivity contribution is -0.118. The van der Waals surface area contributed by atoms with Gasteiger partial charge >= 0.3 is 0 Å². The first-order valence-corrected chi connectivity index (χ1v) is 10.9. The second-order valence-electron chi connectivity index (χ2n) is 5.87. The summed E-state index contributed by atoms with van der Waals surface area (Å²) < 4.78 is 22.4. The Balaban J connectivity index is 1.79. The molecule has 0 aliphatic heterocycles. The number of thioether (sulfide) groups is 1. The molecule has 1 aromatic heterocycles. The van der Waals surface area contributed by atoms with Gasteiger partial charge in [0.15, 0.2) is 5.16 Å². The minimum atomic E-state index is -3.70. The van der Waals surface area contributed by atoms with Gasteiger partial charge in [-0.3, -0.25) is 9.59 Å². The Labute approximate surface area is 162 Å². The van der Waals surface area contributed by atoms with Crippen molar-refractivity contribution in [1.82, 2.24) is 15.3 Å². The molecule has 0 aliphatic carbocycles. The molecule has 0 radical (unpaired) electrons. The molecular formula is C17H22N4O4S2. The molecule has 0 unspecified atom stereocenters. The highest BCUT2D eigenvalue weighted by Crippen LogP contribution is 2.12. The number of primary sulfonamides is 1. The first-order chi connectivity index (χ1) is 12.8. The fourth-order valence-electron chi connectivity index (χ4n) is 2.31. The molecule has 0 bridgehead atoms. The van der Waals surface area contributed by atoms with E-state index in [4.69, 9.17) is 5.14 Å². The summed E-state index contributed by atoms with van der Waals surface area (Å²) in [6.07, 6.45) is 2.16. The van der Waals surface area contributed by atoms with Crippen LogP contribution in [-0.4, -0.2) is 36.6 Å². The van der Waals surface area contributed by atoms with Crippen molar-refractivity contribution >= 4 is 27.7 Å². The van der Waals surface area contributed by atoms with Crippen molar-refractivity contribution in [3.05, 3.63) is 51.9 Å².